The zero-order valence-corrected chi connectivity index (χ0v) is 18.0. The SMILES string of the molecule is Cc1cccc(-n2c(C(C)N(C)C(=O)Cc3cccs3)nc3ccccc3c2=O)c1. The van der Waals surface area contributed by atoms with Gasteiger partial charge < -0.3 is 4.90 Å². The van der Waals surface area contributed by atoms with Crippen LogP contribution in [0.15, 0.2) is 70.8 Å². The Morgan fingerprint density at radius 1 is 1.13 bits per heavy atom. The molecule has 6 heteroatoms. The quantitative estimate of drug-likeness (QED) is 0.480. The number of carbonyl (C=O) groups excluding carboxylic acids is 1. The number of amides is 1. The molecule has 4 rings (SSSR count). The Kier molecular flexibility index (Phi) is 5.50. The maximum atomic E-state index is 13.4. The first kappa shape index (κ1) is 20.0. The highest BCUT2D eigenvalue weighted by atomic mass is 32.1. The number of aromatic nitrogens is 2. The fraction of sp³-hybridized carbons (Fsp3) is 0.208. The Morgan fingerprint density at radius 2 is 1.93 bits per heavy atom. The lowest BCUT2D eigenvalue weighted by molar-refractivity contribution is -0.131. The van der Waals surface area contributed by atoms with Gasteiger partial charge in [-0.1, -0.05) is 30.3 Å². The monoisotopic (exact) mass is 417 g/mol. The molecule has 1 amide bonds. The van der Waals surface area contributed by atoms with E-state index in [2.05, 4.69) is 0 Å². The van der Waals surface area contributed by atoms with Crippen molar-refractivity contribution in [1.82, 2.24) is 14.5 Å². The molecule has 0 saturated carbocycles. The molecule has 0 saturated heterocycles. The highest BCUT2D eigenvalue weighted by molar-refractivity contribution is 7.10. The molecule has 0 radical (unpaired) electrons. The predicted molar refractivity (Wildman–Crippen MR) is 121 cm³/mol. The van der Waals surface area contributed by atoms with Gasteiger partial charge in [-0.3, -0.25) is 14.2 Å². The second kappa shape index (κ2) is 8.24. The van der Waals surface area contributed by atoms with Crippen molar-refractivity contribution >= 4 is 28.1 Å². The third-order valence-electron chi connectivity index (χ3n) is 5.32. The predicted octanol–water partition coefficient (Wildman–Crippen LogP) is 4.52. The number of benzene rings is 2. The molecule has 0 fully saturated rings. The maximum Gasteiger partial charge on any atom is 0.266 e. The number of hydrogen-bond donors (Lipinski definition) is 0. The molecule has 0 aliphatic carbocycles. The van der Waals surface area contributed by atoms with Crippen LogP contribution in [0.3, 0.4) is 0 Å². The molecule has 4 aromatic rings. The lowest BCUT2D eigenvalue weighted by Crippen LogP contribution is -2.35. The van der Waals surface area contributed by atoms with Crippen LogP contribution in [0.2, 0.25) is 0 Å². The molecule has 0 aliphatic heterocycles. The van der Waals surface area contributed by atoms with Gasteiger partial charge >= 0.3 is 0 Å². The van der Waals surface area contributed by atoms with Crippen LogP contribution in [-0.4, -0.2) is 27.4 Å². The summed E-state index contributed by atoms with van der Waals surface area (Å²) in [5.74, 6) is 0.537. The lowest BCUT2D eigenvalue weighted by atomic mass is 10.1. The van der Waals surface area contributed by atoms with Crippen LogP contribution >= 0.6 is 11.3 Å². The number of thiophene rings is 1. The largest absolute Gasteiger partial charge is 0.336 e. The highest BCUT2D eigenvalue weighted by Crippen LogP contribution is 2.23. The number of para-hydroxylation sites is 1. The average molecular weight is 418 g/mol. The molecule has 2 aromatic heterocycles. The second-order valence-corrected chi connectivity index (χ2v) is 8.44. The number of rotatable bonds is 5. The standard InChI is InChI=1S/C24H23N3O2S/c1-16-8-6-9-18(14-16)27-23(25-21-12-5-4-11-20(21)24(27)29)17(2)26(3)22(28)15-19-10-7-13-30-19/h4-14,17H,15H2,1-3H3. The molecule has 30 heavy (non-hydrogen) atoms. The topological polar surface area (TPSA) is 55.2 Å². The van der Waals surface area contributed by atoms with Crippen molar-refractivity contribution in [2.45, 2.75) is 26.3 Å². The van der Waals surface area contributed by atoms with Gasteiger partial charge in [0.25, 0.3) is 5.56 Å². The van der Waals surface area contributed by atoms with Crippen molar-refractivity contribution in [2.75, 3.05) is 7.05 Å². The first-order valence-electron chi connectivity index (χ1n) is 9.82. The van der Waals surface area contributed by atoms with E-state index >= 15 is 0 Å². The van der Waals surface area contributed by atoms with Gasteiger partial charge in [-0.15, -0.1) is 11.3 Å². The molecule has 2 aromatic carbocycles. The van der Waals surface area contributed by atoms with Crippen molar-refractivity contribution in [3.8, 4) is 5.69 Å². The molecule has 1 unspecified atom stereocenters. The summed E-state index contributed by atoms with van der Waals surface area (Å²) in [7, 11) is 1.77. The first-order chi connectivity index (χ1) is 14.5. The molecule has 0 N–H and O–H groups in total. The molecule has 2 heterocycles. The molecule has 152 valence electrons. The third kappa shape index (κ3) is 3.78. The maximum absolute atomic E-state index is 13.4. The molecular weight excluding hydrogens is 394 g/mol. The van der Waals surface area contributed by atoms with Crippen molar-refractivity contribution in [1.29, 1.82) is 0 Å². The molecular formula is C24H23N3O2S. The average Bonchev–Trinajstić information content (AvgIpc) is 3.25. The molecule has 1 atom stereocenters. The van der Waals surface area contributed by atoms with Crippen LogP contribution < -0.4 is 5.56 Å². The smallest absolute Gasteiger partial charge is 0.266 e. The molecule has 0 spiro atoms. The van der Waals surface area contributed by atoms with Crippen molar-refractivity contribution in [2.24, 2.45) is 0 Å². The normalized spacial score (nSPS) is 12.1. The van der Waals surface area contributed by atoms with Gasteiger partial charge in [0.15, 0.2) is 0 Å². The zero-order chi connectivity index (χ0) is 21.3. The van der Waals surface area contributed by atoms with Gasteiger partial charge in [-0.05, 0) is 55.1 Å². The van der Waals surface area contributed by atoms with Gasteiger partial charge in [0.2, 0.25) is 5.91 Å². The van der Waals surface area contributed by atoms with Crippen LogP contribution in [0.4, 0.5) is 0 Å². The fourth-order valence-electron chi connectivity index (χ4n) is 3.52. The van der Waals surface area contributed by atoms with Crippen molar-refractivity contribution in [3.63, 3.8) is 0 Å². The first-order valence-corrected chi connectivity index (χ1v) is 10.7. The van der Waals surface area contributed by atoms with E-state index in [1.165, 1.54) is 0 Å². The molecule has 5 nitrogen and oxygen atoms in total. The Bertz CT molecular complexity index is 1260. The van der Waals surface area contributed by atoms with Crippen LogP contribution in [0.25, 0.3) is 16.6 Å². The minimum absolute atomic E-state index is 0.0110. The number of hydrogen-bond acceptors (Lipinski definition) is 4. The van der Waals surface area contributed by atoms with Gasteiger partial charge in [0.1, 0.15) is 5.82 Å². The summed E-state index contributed by atoms with van der Waals surface area (Å²) < 4.78 is 1.63. The minimum atomic E-state index is -0.379. The van der Waals surface area contributed by atoms with Crippen LogP contribution in [0.5, 0.6) is 0 Å². The van der Waals surface area contributed by atoms with E-state index in [-0.39, 0.29) is 17.5 Å². The Morgan fingerprint density at radius 3 is 2.67 bits per heavy atom. The van der Waals surface area contributed by atoms with Gasteiger partial charge in [-0.25, -0.2) is 4.98 Å². The van der Waals surface area contributed by atoms with Gasteiger partial charge in [-0.2, -0.15) is 0 Å². The second-order valence-electron chi connectivity index (χ2n) is 7.40. The van der Waals surface area contributed by atoms with E-state index in [9.17, 15) is 9.59 Å². The van der Waals surface area contributed by atoms with E-state index in [1.807, 2.05) is 73.8 Å². The van der Waals surface area contributed by atoms with Crippen molar-refractivity contribution in [3.05, 3.63) is 92.7 Å². The van der Waals surface area contributed by atoms with Gasteiger partial charge in [0.05, 0.1) is 29.1 Å². The summed E-state index contributed by atoms with van der Waals surface area (Å²) >= 11 is 1.56. The number of nitrogens with zero attached hydrogens (tertiary/aromatic N) is 3. The minimum Gasteiger partial charge on any atom is -0.336 e. The third-order valence-corrected chi connectivity index (χ3v) is 6.19. The highest BCUT2D eigenvalue weighted by Gasteiger charge is 2.24. The van der Waals surface area contributed by atoms with Crippen LogP contribution in [-0.2, 0) is 11.2 Å². The fourth-order valence-corrected chi connectivity index (χ4v) is 4.22. The zero-order valence-electron chi connectivity index (χ0n) is 17.2. The van der Waals surface area contributed by atoms with Crippen LogP contribution in [0, 0.1) is 6.92 Å². The Hall–Kier alpha value is -3.25. The van der Waals surface area contributed by atoms with E-state index in [0.717, 1.165) is 16.1 Å². The molecule has 0 bridgehead atoms. The summed E-state index contributed by atoms with van der Waals surface area (Å²) in [6.45, 7) is 3.90. The summed E-state index contributed by atoms with van der Waals surface area (Å²) in [6.07, 6.45) is 0.334. The molecule has 0 aliphatic rings. The van der Waals surface area contributed by atoms with E-state index in [1.54, 1.807) is 33.9 Å². The Labute approximate surface area is 179 Å². The number of likely N-dealkylation sites (N-methyl/N-ethyl adjacent to an activating group) is 1. The van der Waals surface area contributed by atoms with E-state index < -0.39 is 0 Å². The van der Waals surface area contributed by atoms with Crippen LogP contribution in [0.1, 0.15) is 29.2 Å². The van der Waals surface area contributed by atoms with E-state index in [0.29, 0.717) is 23.1 Å². The van der Waals surface area contributed by atoms with Gasteiger partial charge in [0, 0.05) is 11.9 Å². The Balaban J connectivity index is 1.83. The summed E-state index contributed by atoms with van der Waals surface area (Å²) in [5.41, 5.74) is 2.30. The number of aryl methyl sites for hydroxylation is 1. The number of fused-ring (bicyclic) bond motifs is 1. The number of carbonyl (C=O) groups is 1. The summed E-state index contributed by atoms with van der Waals surface area (Å²) in [6, 6.07) is 18.6. The van der Waals surface area contributed by atoms with E-state index in [4.69, 9.17) is 4.98 Å². The van der Waals surface area contributed by atoms with Crippen molar-refractivity contribution < 1.29 is 4.79 Å². The summed E-state index contributed by atoms with van der Waals surface area (Å²) in [5, 5.41) is 2.52. The lowest BCUT2D eigenvalue weighted by Gasteiger charge is -2.27. The summed E-state index contributed by atoms with van der Waals surface area (Å²) in [4.78, 5) is 33.8.